The fourth-order valence-electron chi connectivity index (χ4n) is 1.51. The maximum absolute atomic E-state index is 13.4. The minimum atomic E-state index is -5.00. The van der Waals surface area contributed by atoms with E-state index in [2.05, 4.69) is 5.10 Å². The first-order valence-corrected chi connectivity index (χ1v) is 4.93. The van der Waals surface area contributed by atoms with Crippen LogP contribution in [0.5, 0.6) is 0 Å². The first-order chi connectivity index (χ1) is 9.12. The molecular weight excluding hydrogens is 297 g/mol. The second-order valence-corrected chi connectivity index (χ2v) is 3.74. The fourth-order valence-corrected chi connectivity index (χ4v) is 1.51. The average molecular weight is 300 g/mol. The van der Waals surface area contributed by atoms with Crippen molar-refractivity contribution in [2.24, 2.45) is 5.10 Å². The van der Waals surface area contributed by atoms with Crippen LogP contribution in [-0.2, 0) is 4.79 Å². The quantitative estimate of drug-likeness (QED) is 0.580. The molecule has 0 saturated heterocycles. The number of nitrogens with zero attached hydrogens (tertiary/aromatic N) is 2. The Hall–Kier alpha value is -2.13. The van der Waals surface area contributed by atoms with Gasteiger partial charge in [0.1, 0.15) is 5.69 Å². The first kappa shape index (κ1) is 14.3. The SMILES string of the molecule is O=C1CC(C(F)(F)F)=NN1c1c(F)c(F)cc(F)c1F. The topological polar surface area (TPSA) is 32.7 Å². The van der Waals surface area contributed by atoms with Crippen LogP contribution in [0, 0.1) is 23.3 Å². The van der Waals surface area contributed by atoms with Gasteiger partial charge in [0, 0.05) is 6.07 Å². The molecule has 20 heavy (non-hydrogen) atoms. The summed E-state index contributed by atoms with van der Waals surface area (Å²) < 4.78 is 89.6. The van der Waals surface area contributed by atoms with E-state index in [4.69, 9.17) is 0 Å². The number of amides is 1. The van der Waals surface area contributed by atoms with E-state index in [-0.39, 0.29) is 11.1 Å². The lowest BCUT2D eigenvalue weighted by Crippen LogP contribution is -2.23. The molecule has 1 amide bonds. The summed E-state index contributed by atoms with van der Waals surface area (Å²) in [6.07, 6.45) is -6.27. The molecule has 3 nitrogen and oxygen atoms in total. The third kappa shape index (κ3) is 2.21. The van der Waals surface area contributed by atoms with E-state index >= 15 is 0 Å². The van der Waals surface area contributed by atoms with Crippen LogP contribution in [0.4, 0.5) is 36.4 Å². The number of alkyl halides is 3. The van der Waals surface area contributed by atoms with E-state index in [1.165, 1.54) is 0 Å². The van der Waals surface area contributed by atoms with Gasteiger partial charge in [-0.2, -0.15) is 23.3 Å². The molecule has 0 aromatic heterocycles. The van der Waals surface area contributed by atoms with Gasteiger partial charge in [-0.15, -0.1) is 0 Å². The highest BCUT2D eigenvalue weighted by atomic mass is 19.4. The van der Waals surface area contributed by atoms with E-state index in [0.29, 0.717) is 0 Å². The molecule has 0 radical (unpaired) electrons. The number of hydrazone groups is 1. The molecule has 1 aromatic carbocycles. The fraction of sp³-hybridized carbons (Fsp3) is 0.200. The molecule has 0 bridgehead atoms. The number of rotatable bonds is 1. The Morgan fingerprint density at radius 2 is 1.55 bits per heavy atom. The van der Waals surface area contributed by atoms with Crippen molar-refractivity contribution in [3.63, 3.8) is 0 Å². The Morgan fingerprint density at radius 3 is 1.95 bits per heavy atom. The summed E-state index contributed by atoms with van der Waals surface area (Å²) in [6.45, 7) is 0. The average Bonchev–Trinajstić information content (AvgIpc) is 2.69. The molecule has 10 heteroatoms. The Labute approximate surface area is 106 Å². The maximum Gasteiger partial charge on any atom is 0.431 e. The molecule has 0 atom stereocenters. The highest BCUT2D eigenvalue weighted by molar-refractivity contribution is 6.14. The van der Waals surface area contributed by atoms with Gasteiger partial charge in [-0.1, -0.05) is 0 Å². The number of anilines is 1. The molecule has 0 saturated carbocycles. The highest BCUT2D eigenvalue weighted by Gasteiger charge is 2.44. The summed E-state index contributed by atoms with van der Waals surface area (Å²) in [7, 11) is 0. The van der Waals surface area contributed by atoms with Gasteiger partial charge in [-0.05, 0) is 0 Å². The largest absolute Gasteiger partial charge is 0.431 e. The molecule has 108 valence electrons. The van der Waals surface area contributed by atoms with Crippen LogP contribution in [0.1, 0.15) is 6.42 Å². The van der Waals surface area contributed by atoms with E-state index < -0.39 is 53.2 Å². The molecule has 0 unspecified atom stereocenters. The standard InChI is InChI=1S/C10H3F7N2O/c11-3-1-4(12)8(14)9(7(3)13)19-6(20)2-5(18-19)10(15,16)17/h1H,2H2. The Kier molecular flexibility index (Phi) is 3.18. The number of hydrogen-bond acceptors (Lipinski definition) is 2. The van der Waals surface area contributed by atoms with Gasteiger partial charge in [-0.3, -0.25) is 4.79 Å². The van der Waals surface area contributed by atoms with Crippen molar-refractivity contribution < 1.29 is 35.5 Å². The maximum atomic E-state index is 13.4. The lowest BCUT2D eigenvalue weighted by atomic mass is 10.2. The Balaban J connectivity index is 2.58. The predicted octanol–water partition coefficient (Wildman–Crippen LogP) is 2.90. The molecule has 1 heterocycles. The second kappa shape index (κ2) is 4.46. The van der Waals surface area contributed by atoms with Crippen molar-refractivity contribution >= 4 is 17.3 Å². The number of hydrogen-bond donors (Lipinski definition) is 0. The molecule has 1 aromatic rings. The number of halogens is 7. The monoisotopic (exact) mass is 300 g/mol. The number of carbonyl (C=O) groups excluding carboxylic acids is 1. The zero-order valence-electron chi connectivity index (χ0n) is 9.23. The third-order valence-corrected chi connectivity index (χ3v) is 2.40. The van der Waals surface area contributed by atoms with Crippen LogP contribution >= 0.6 is 0 Å². The second-order valence-electron chi connectivity index (χ2n) is 3.74. The van der Waals surface area contributed by atoms with Gasteiger partial charge < -0.3 is 0 Å². The van der Waals surface area contributed by atoms with Gasteiger partial charge in [0.2, 0.25) is 0 Å². The summed E-state index contributed by atoms with van der Waals surface area (Å²) in [5.74, 6) is -9.20. The van der Waals surface area contributed by atoms with Crippen LogP contribution in [0.2, 0.25) is 0 Å². The molecule has 1 aliphatic heterocycles. The summed E-state index contributed by atoms with van der Waals surface area (Å²) in [6, 6.07) is -0.136. The lowest BCUT2D eigenvalue weighted by Gasteiger charge is -2.14. The van der Waals surface area contributed by atoms with Gasteiger partial charge in [-0.25, -0.2) is 17.6 Å². The van der Waals surface area contributed by atoms with E-state index in [1.807, 2.05) is 0 Å². The smallest absolute Gasteiger partial charge is 0.272 e. The highest BCUT2D eigenvalue weighted by Crippen LogP contribution is 2.33. The molecule has 0 fully saturated rings. The molecule has 0 aliphatic carbocycles. The minimum absolute atomic E-state index is 0.136. The zero-order chi connectivity index (χ0) is 15.2. The van der Waals surface area contributed by atoms with Gasteiger partial charge >= 0.3 is 6.18 Å². The van der Waals surface area contributed by atoms with Crippen LogP contribution in [-0.4, -0.2) is 17.8 Å². The van der Waals surface area contributed by atoms with Gasteiger partial charge in [0.15, 0.2) is 29.0 Å². The van der Waals surface area contributed by atoms with Gasteiger partial charge in [0.05, 0.1) is 6.42 Å². The van der Waals surface area contributed by atoms with Crippen LogP contribution in [0.3, 0.4) is 0 Å². The summed E-state index contributed by atoms with van der Waals surface area (Å²) in [5.41, 5.74) is -3.24. The Bertz CT molecular complexity index is 597. The van der Waals surface area contributed by atoms with Gasteiger partial charge in [0.25, 0.3) is 5.91 Å². The van der Waals surface area contributed by atoms with Crippen molar-refractivity contribution in [2.75, 3.05) is 5.01 Å². The lowest BCUT2D eigenvalue weighted by molar-refractivity contribution is -0.117. The van der Waals surface area contributed by atoms with Crippen molar-refractivity contribution in [3.05, 3.63) is 29.3 Å². The van der Waals surface area contributed by atoms with Crippen molar-refractivity contribution in [1.82, 2.24) is 0 Å². The molecular formula is C10H3F7N2O. The Morgan fingerprint density at radius 1 is 1.05 bits per heavy atom. The van der Waals surface area contributed by atoms with Crippen LogP contribution in [0.15, 0.2) is 11.2 Å². The molecule has 0 N–H and O–H groups in total. The molecule has 1 aliphatic rings. The van der Waals surface area contributed by atoms with Crippen LogP contribution in [0.25, 0.3) is 0 Å². The van der Waals surface area contributed by atoms with Crippen molar-refractivity contribution in [3.8, 4) is 0 Å². The molecule has 0 spiro atoms. The van der Waals surface area contributed by atoms with E-state index in [1.54, 1.807) is 0 Å². The minimum Gasteiger partial charge on any atom is -0.272 e. The van der Waals surface area contributed by atoms with E-state index in [9.17, 15) is 35.5 Å². The van der Waals surface area contributed by atoms with Crippen molar-refractivity contribution in [1.29, 1.82) is 0 Å². The van der Waals surface area contributed by atoms with Crippen LogP contribution < -0.4 is 5.01 Å². The predicted molar refractivity (Wildman–Crippen MR) is 51.9 cm³/mol. The third-order valence-electron chi connectivity index (χ3n) is 2.40. The van der Waals surface area contributed by atoms with Crippen molar-refractivity contribution in [2.45, 2.75) is 12.6 Å². The first-order valence-electron chi connectivity index (χ1n) is 4.93. The zero-order valence-corrected chi connectivity index (χ0v) is 9.23. The summed E-state index contributed by atoms with van der Waals surface area (Å²) in [4.78, 5) is 11.3. The normalized spacial score (nSPS) is 15.8. The number of benzene rings is 1. The molecule has 2 rings (SSSR count). The summed E-state index contributed by atoms with van der Waals surface area (Å²) >= 11 is 0. The summed E-state index contributed by atoms with van der Waals surface area (Å²) in [5, 5.41) is 2.34. The van der Waals surface area contributed by atoms with E-state index in [0.717, 1.165) is 0 Å². The number of carbonyl (C=O) groups is 1.